The second-order valence-corrected chi connectivity index (χ2v) is 8.10. The van der Waals surface area contributed by atoms with Gasteiger partial charge in [0.25, 0.3) is 5.78 Å². The second-order valence-electron chi connectivity index (χ2n) is 6.35. The van der Waals surface area contributed by atoms with Gasteiger partial charge in [0.2, 0.25) is 15.9 Å². The zero-order valence-electron chi connectivity index (χ0n) is 15.5. The molecule has 0 atom stereocenters. The van der Waals surface area contributed by atoms with E-state index in [9.17, 15) is 17.6 Å². The number of nitrogens with zero attached hydrogens (tertiary/aromatic N) is 4. The zero-order chi connectivity index (χ0) is 20.5. The molecule has 2 N–H and O–H groups in total. The number of aromatic nitrogens is 4. The van der Waals surface area contributed by atoms with E-state index in [-0.39, 0.29) is 23.7 Å². The average molecular weight is 406 g/mol. The Bertz CT molecular complexity index is 1160. The molecule has 0 saturated carbocycles. The number of carbonyl (C=O) groups excluding carboxylic acids is 1. The van der Waals surface area contributed by atoms with E-state index in [1.165, 1.54) is 18.5 Å². The SMILES string of the molecule is Cc1nc2ncnn2c(C)c1CCC(=O)Nc1ccc(F)c(NS(C)(=O)=O)c1. The van der Waals surface area contributed by atoms with Crippen LogP contribution in [0.4, 0.5) is 15.8 Å². The minimum absolute atomic E-state index is 0.162. The highest BCUT2D eigenvalue weighted by molar-refractivity contribution is 7.92. The topological polar surface area (TPSA) is 118 Å². The molecule has 2 heterocycles. The third-order valence-electron chi connectivity index (χ3n) is 4.14. The number of nitrogens with one attached hydrogen (secondary N) is 2. The van der Waals surface area contributed by atoms with Gasteiger partial charge in [-0.3, -0.25) is 9.52 Å². The van der Waals surface area contributed by atoms with Crippen LogP contribution in [-0.2, 0) is 21.2 Å². The van der Waals surface area contributed by atoms with Gasteiger partial charge in [0, 0.05) is 23.5 Å². The summed E-state index contributed by atoms with van der Waals surface area (Å²) in [6.45, 7) is 3.73. The minimum atomic E-state index is -3.64. The Morgan fingerprint density at radius 3 is 2.75 bits per heavy atom. The van der Waals surface area contributed by atoms with Gasteiger partial charge in [-0.15, -0.1) is 0 Å². The van der Waals surface area contributed by atoms with Crippen molar-refractivity contribution in [3.8, 4) is 0 Å². The van der Waals surface area contributed by atoms with Crippen molar-refractivity contribution < 1.29 is 17.6 Å². The molecule has 28 heavy (non-hydrogen) atoms. The van der Waals surface area contributed by atoms with Gasteiger partial charge in [-0.1, -0.05) is 0 Å². The first-order valence-electron chi connectivity index (χ1n) is 8.37. The van der Waals surface area contributed by atoms with Crippen molar-refractivity contribution in [3.63, 3.8) is 0 Å². The Kier molecular flexibility index (Phi) is 5.27. The summed E-state index contributed by atoms with van der Waals surface area (Å²) >= 11 is 0. The maximum atomic E-state index is 13.7. The molecule has 0 fully saturated rings. The number of hydrogen-bond donors (Lipinski definition) is 2. The summed E-state index contributed by atoms with van der Waals surface area (Å²) in [4.78, 5) is 20.7. The van der Waals surface area contributed by atoms with Gasteiger partial charge < -0.3 is 5.32 Å². The quantitative estimate of drug-likeness (QED) is 0.645. The van der Waals surface area contributed by atoms with Gasteiger partial charge >= 0.3 is 0 Å². The third kappa shape index (κ3) is 4.42. The van der Waals surface area contributed by atoms with Gasteiger partial charge in [-0.2, -0.15) is 10.1 Å². The van der Waals surface area contributed by atoms with Crippen LogP contribution in [0.5, 0.6) is 0 Å². The van der Waals surface area contributed by atoms with E-state index < -0.39 is 15.8 Å². The van der Waals surface area contributed by atoms with Crippen molar-refractivity contribution in [2.24, 2.45) is 0 Å². The highest BCUT2D eigenvalue weighted by Gasteiger charge is 2.14. The number of benzene rings is 1. The van der Waals surface area contributed by atoms with Crippen LogP contribution in [0.3, 0.4) is 0 Å². The summed E-state index contributed by atoms with van der Waals surface area (Å²) in [6.07, 6.45) is 2.93. The molecule has 0 aliphatic heterocycles. The summed E-state index contributed by atoms with van der Waals surface area (Å²) in [5.41, 5.74) is 2.58. The van der Waals surface area contributed by atoms with Crippen molar-refractivity contribution in [3.05, 3.63) is 47.3 Å². The fraction of sp³-hybridized carbons (Fsp3) is 0.294. The minimum Gasteiger partial charge on any atom is -0.326 e. The molecule has 0 spiro atoms. The summed E-state index contributed by atoms with van der Waals surface area (Å²) < 4.78 is 40.0. The Labute approximate surface area is 161 Å². The molecule has 148 valence electrons. The molecular weight excluding hydrogens is 387 g/mol. The van der Waals surface area contributed by atoms with Gasteiger partial charge in [-0.25, -0.2) is 22.3 Å². The Balaban J connectivity index is 1.71. The first kappa shape index (κ1) is 19.7. The lowest BCUT2D eigenvalue weighted by Gasteiger charge is -2.11. The van der Waals surface area contributed by atoms with Gasteiger partial charge in [0.05, 0.1) is 11.9 Å². The molecule has 0 radical (unpaired) electrons. The van der Waals surface area contributed by atoms with Crippen molar-refractivity contribution in [2.75, 3.05) is 16.3 Å². The van der Waals surface area contributed by atoms with E-state index in [0.29, 0.717) is 12.2 Å². The smallest absolute Gasteiger partial charge is 0.252 e. The number of sulfonamides is 1. The lowest BCUT2D eigenvalue weighted by Crippen LogP contribution is -2.15. The second kappa shape index (κ2) is 7.50. The Morgan fingerprint density at radius 2 is 2.04 bits per heavy atom. The molecule has 0 aliphatic rings. The van der Waals surface area contributed by atoms with Crippen LogP contribution in [0, 0.1) is 19.7 Å². The van der Waals surface area contributed by atoms with E-state index in [0.717, 1.165) is 29.3 Å². The molecule has 0 aliphatic carbocycles. The molecule has 0 bridgehead atoms. The van der Waals surface area contributed by atoms with Gasteiger partial charge in [-0.05, 0) is 44.0 Å². The lowest BCUT2D eigenvalue weighted by atomic mass is 10.1. The van der Waals surface area contributed by atoms with Crippen LogP contribution in [0.25, 0.3) is 5.78 Å². The molecule has 2 aromatic heterocycles. The monoisotopic (exact) mass is 406 g/mol. The third-order valence-corrected chi connectivity index (χ3v) is 4.73. The predicted octanol–water partition coefficient (Wildman–Crippen LogP) is 1.82. The number of amides is 1. The van der Waals surface area contributed by atoms with Crippen LogP contribution >= 0.6 is 0 Å². The maximum absolute atomic E-state index is 13.7. The summed E-state index contributed by atoms with van der Waals surface area (Å²) in [5, 5.41) is 6.75. The molecule has 0 saturated heterocycles. The number of carbonyl (C=O) groups is 1. The first-order chi connectivity index (χ1) is 13.1. The van der Waals surface area contributed by atoms with E-state index in [2.05, 4.69) is 25.1 Å². The summed E-state index contributed by atoms with van der Waals surface area (Å²) in [6, 6.07) is 3.67. The average Bonchev–Trinajstić information content (AvgIpc) is 3.05. The molecule has 9 nitrogen and oxygen atoms in total. The van der Waals surface area contributed by atoms with Gasteiger partial charge in [0.1, 0.15) is 12.1 Å². The molecule has 3 aromatic rings. The molecule has 1 amide bonds. The van der Waals surface area contributed by atoms with Crippen LogP contribution < -0.4 is 10.0 Å². The predicted molar refractivity (Wildman–Crippen MR) is 102 cm³/mol. The Morgan fingerprint density at radius 1 is 1.29 bits per heavy atom. The molecule has 0 unspecified atom stereocenters. The van der Waals surface area contributed by atoms with E-state index in [4.69, 9.17) is 0 Å². The lowest BCUT2D eigenvalue weighted by molar-refractivity contribution is -0.116. The van der Waals surface area contributed by atoms with Crippen molar-refractivity contribution in [1.29, 1.82) is 0 Å². The number of rotatable bonds is 6. The summed E-state index contributed by atoms with van der Waals surface area (Å²) in [7, 11) is -3.64. The normalized spacial score (nSPS) is 11.6. The van der Waals surface area contributed by atoms with E-state index in [1.54, 1.807) is 4.52 Å². The maximum Gasteiger partial charge on any atom is 0.252 e. The number of halogens is 1. The van der Waals surface area contributed by atoms with Crippen molar-refractivity contribution in [1.82, 2.24) is 19.6 Å². The number of fused-ring (bicyclic) bond motifs is 1. The number of hydrogen-bond acceptors (Lipinski definition) is 6. The zero-order valence-corrected chi connectivity index (χ0v) is 16.3. The molecule has 11 heteroatoms. The molecule has 1 aromatic carbocycles. The van der Waals surface area contributed by atoms with Crippen LogP contribution in [0.2, 0.25) is 0 Å². The number of aryl methyl sites for hydroxylation is 2. The van der Waals surface area contributed by atoms with Crippen molar-refractivity contribution >= 4 is 33.1 Å². The fourth-order valence-electron chi connectivity index (χ4n) is 2.86. The van der Waals surface area contributed by atoms with E-state index in [1.807, 2.05) is 13.8 Å². The van der Waals surface area contributed by atoms with Crippen LogP contribution in [-0.4, -0.2) is 40.2 Å². The highest BCUT2D eigenvalue weighted by atomic mass is 32.2. The largest absolute Gasteiger partial charge is 0.326 e. The van der Waals surface area contributed by atoms with Crippen LogP contribution in [0.15, 0.2) is 24.5 Å². The van der Waals surface area contributed by atoms with Gasteiger partial charge in [0.15, 0.2) is 0 Å². The summed E-state index contributed by atoms with van der Waals surface area (Å²) in [5.74, 6) is -0.531. The first-order valence-corrected chi connectivity index (χ1v) is 10.3. The standard InChI is InChI=1S/C17H19FN6O3S/c1-10-13(11(2)24-17(21-10)19-9-20-24)5-7-16(25)22-12-4-6-14(18)15(8-12)23-28(3,26)27/h4,6,8-9,23H,5,7H2,1-3H3,(H,22,25). The van der Waals surface area contributed by atoms with Crippen molar-refractivity contribution in [2.45, 2.75) is 26.7 Å². The van der Waals surface area contributed by atoms with E-state index >= 15 is 0 Å². The highest BCUT2D eigenvalue weighted by Crippen LogP contribution is 2.21. The Hall–Kier alpha value is -3.08. The number of anilines is 2. The molecule has 3 rings (SSSR count). The molecular formula is C17H19FN6O3S. The van der Waals surface area contributed by atoms with Crippen LogP contribution in [0.1, 0.15) is 23.4 Å². The fourth-order valence-corrected chi connectivity index (χ4v) is 3.42.